The molecule has 0 aromatic carbocycles. The molecule has 0 aliphatic carbocycles. The number of nitrogens with one attached hydrogen (secondary N) is 1. The highest BCUT2D eigenvalue weighted by atomic mass is 16.2. The molecule has 5 nitrogen and oxygen atoms in total. The highest BCUT2D eigenvalue weighted by Crippen LogP contribution is 2.20. The quantitative estimate of drug-likeness (QED) is 0.874. The Hall–Kier alpha value is -1.93. The van der Waals surface area contributed by atoms with Gasteiger partial charge in [0.25, 0.3) is 0 Å². The van der Waals surface area contributed by atoms with Crippen LogP contribution in [0.3, 0.4) is 0 Å². The number of hydrogen-bond acceptors (Lipinski definition) is 4. The van der Waals surface area contributed by atoms with Gasteiger partial charge >= 0.3 is 0 Å². The molecular formula is C15H20N4O. The second-order valence-electron chi connectivity index (χ2n) is 5.27. The number of nitriles is 1. The van der Waals surface area contributed by atoms with Crippen molar-refractivity contribution in [3.63, 3.8) is 0 Å². The number of pyridine rings is 1. The Morgan fingerprint density at radius 2 is 2.45 bits per heavy atom. The molecular weight excluding hydrogens is 252 g/mol. The van der Waals surface area contributed by atoms with Crippen molar-refractivity contribution in [2.24, 2.45) is 11.8 Å². The molecule has 20 heavy (non-hydrogen) atoms. The minimum absolute atomic E-state index is 0.0189. The predicted octanol–water partition coefficient (Wildman–Crippen LogP) is 1.18. The number of rotatable bonds is 5. The summed E-state index contributed by atoms with van der Waals surface area (Å²) in [5, 5.41) is 12.0. The average molecular weight is 272 g/mol. The monoisotopic (exact) mass is 272 g/mol. The largest absolute Gasteiger partial charge is 0.337 e. The SMILES string of the molecule is CC1CNCC1C(=O)N(CCC#N)Cc1cccnc1. The van der Waals surface area contributed by atoms with Gasteiger partial charge in [-0.3, -0.25) is 9.78 Å². The third kappa shape index (κ3) is 3.55. The number of aromatic nitrogens is 1. The lowest BCUT2D eigenvalue weighted by Crippen LogP contribution is -2.39. The van der Waals surface area contributed by atoms with Crippen LogP contribution in [-0.2, 0) is 11.3 Å². The van der Waals surface area contributed by atoms with E-state index in [-0.39, 0.29) is 11.8 Å². The lowest BCUT2D eigenvalue weighted by atomic mass is 9.96. The molecule has 1 aromatic rings. The molecule has 5 heteroatoms. The maximum Gasteiger partial charge on any atom is 0.227 e. The van der Waals surface area contributed by atoms with Crippen molar-refractivity contribution in [2.45, 2.75) is 19.9 Å². The van der Waals surface area contributed by atoms with E-state index in [4.69, 9.17) is 5.26 Å². The van der Waals surface area contributed by atoms with Crippen LogP contribution in [0.15, 0.2) is 24.5 Å². The molecule has 2 unspecified atom stereocenters. The van der Waals surface area contributed by atoms with Crippen LogP contribution in [-0.4, -0.2) is 35.4 Å². The number of carbonyl (C=O) groups excluding carboxylic acids is 1. The van der Waals surface area contributed by atoms with Crippen LogP contribution in [0.5, 0.6) is 0 Å². The van der Waals surface area contributed by atoms with Crippen LogP contribution in [0.1, 0.15) is 18.9 Å². The smallest absolute Gasteiger partial charge is 0.227 e. The first-order chi connectivity index (χ1) is 9.72. The molecule has 1 amide bonds. The second kappa shape index (κ2) is 7.01. The zero-order valence-corrected chi connectivity index (χ0v) is 11.7. The molecule has 0 bridgehead atoms. The first kappa shape index (κ1) is 14.5. The van der Waals surface area contributed by atoms with Gasteiger partial charge in [0, 0.05) is 32.0 Å². The lowest BCUT2D eigenvalue weighted by molar-refractivity contribution is -0.136. The third-order valence-electron chi connectivity index (χ3n) is 3.74. The Kier molecular flexibility index (Phi) is 5.08. The Bertz CT molecular complexity index is 482. The van der Waals surface area contributed by atoms with Crippen LogP contribution < -0.4 is 5.32 Å². The normalized spacial score (nSPS) is 21.4. The molecule has 1 fully saturated rings. The highest BCUT2D eigenvalue weighted by molar-refractivity contribution is 5.79. The molecule has 0 radical (unpaired) electrons. The van der Waals surface area contributed by atoms with E-state index in [2.05, 4.69) is 23.3 Å². The van der Waals surface area contributed by atoms with Crippen LogP contribution in [0.4, 0.5) is 0 Å². The Morgan fingerprint density at radius 1 is 1.60 bits per heavy atom. The third-order valence-corrected chi connectivity index (χ3v) is 3.74. The number of carbonyl (C=O) groups is 1. The van der Waals surface area contributed by atoms with Gasteiger partial charge in [-0.1, -0.05) is 13.0 Å². The van der Waals surface area contributed by atoms with E-state index in [1.54, 1.807) is 17.3 Å². The van der Waals surface area contributed by atoms with Crippen LogP contribution in [0, 0.1) is 23.2 Å². The van der Waals surface area contributed by atoms with Gasteiger partial charge in [-0.15, -0.1) is 0 Å². The zero-order valence-electron chi connectivity index (χ0n) is 11.7. The van der Waals surface area contributed by atoms with Gasteiger partial charge in [0.2, 0.25) is 5.91 Å². The van der Waals surface area contributed by atoms with Crippen LogP contribution in [0.25, 0.3) is 0 Å². The molecule has 1 aromatic heterocycles. The van der Waals surface area contributed by atoms with E-state index in [0.29, 0.717) is 25.4 Å². The van der Waals surface area contributed by atoms with E-state index in [1.165, 1.54) is 0 Å². The van der Waals surface area contributed by atoms with Gasteiger partial charge in [-0.2, -0.15) is 5.26 Å². The molecule has 106 valence electrons. The van der Waals surface area contributed by atoms with Crippen molar-refractivity contribution in [3.05, 3.63) is 30.1 Å². The molecule has 2 rings (SSSR count). The van der Waals surface area contributed by atoms with Gasteiger partial charge in [0.1, 0.15) is 0 Å². The Morgan fingerprint density at radius 3 is 3.05 bits per heavy atom. The van der Waals surface area contributed by atoms with E-state index in [9.17, 15) is 4.79 Å². The second-order valence-corrected chi connectivity index (χ2v) is 5.27. The van der Waals surface area contributed by atoms with Crippen molar-refractivity contribution >= 4 is 5.91 Å². The summed E-state index contributed by atoms with van der Waals surface area (Å²) in [7, 11) is 0. The topological polar surface area (TPSA) is 69.0 Å². The Balaban J connectivity index is 2.06. The van der Waals surface area contributed by atoms with E-state index in [0.717, 1.165) is 18.7 Å². The zero-order chi connectivity index (χ0) is 14.4. The lowest BCUT2D eigenvalue weighted by Gasteiger charge is -2.26. The summed E-state index contributed by atoms with van der Waals surface area (Å²) in [5.74, 6) is 0.507. The summed E-state index contributed by atoms with van der Waals surface area (Å²) < 4.78 is 0. The van der Waals surface area contributed by atoms with E-state index in [1.807, 2.05) is 12.1 Å². The fraction of sp³-hybridized carbons (Fsp3) is 0.533. The van der Waals surface area contributed by atoms with Crippen molar-refractivity contribution in [1.29, 1.82) is 5.26 Å². The molecule has 1 aliphatic rings. The summed E-state index contributed by atoms with van der Waals surface area (Å²) >= 11 is 0. The van der Waals surface area contributed by atoms with Gasteiger partial charge in [0.15, 0.2) is 0 Å². The molecule has 2 atom stereocenters. The van der Waals surface area contributed by atoms with Crippen molar-refractivity contribution in [2.75, 3.05) is 19.6 Å². The Labute approximate surface area is 119 Å². The van der Waals surface area contributed by atoms with Crippen molar-refractivity contribution in [1.82, 2.24) is 15.2 Å². The number of hydrogen-bond donors (Lipinski definition) is 1. The number of amides is 1. The summed E-state index contributed by atoms with van der Waals surface area (Å²) in [4.78, 5) is 18.5. The average Bonchev–Trinajstić information content (AvgIpc) is 2.90. The minimum atomic E-state index is 0.0189. The molecule has 0 spiro atoms. The summed E-state index contributed by atoms with van der Waals surface area (Å²) in [6, 6.07) is 5.93. The van der Waals surface area contributed by atoms with Crippen molar-refractivity contribution in [3.8, 4) is 6.07 Å². The van der Waals surface area contributed by atoms with Crippen LogP contribution in [0.2, 0.25) is 0 Å². The van der Waals surface area contributed by atoms with Gasteiger partial charge in [-0.25, -0.2) is 0 Å². The van der Waals surface area contributed by atoms with Gasteiger partial charge < -0.3 is 10.2 Å². The van der Waals surface area contributed by atoms with Gasteiger partial charge in [0.05, 0.1) is 18.4 Å². The number of nitrogens with zero attached hydrogens (tertiary/aromatic N) is 3. The maximum atomic E-state index is 12.6. The molecule has 1 N–H and O–H groups in total. The maximum absolute atomic E-state index is 12.6. The van der Waals surface area contributed by atoms with E-state index < -0.39 is 0 Å². The highest BCUT2D eigenvalue weighted by Gasteiger charge is 2.32. The summed E-state index contributed by atoms with van der Waals surface area (Å²) in [5.41, 5.74) is 0.998. The van der Waals surface area contributed by atoms with E-state index >= 15 is 0 Å². The van der Waals surface area contributed by atoms with Crippen molar-refractivity contribution < 1.29 is 4.79 Å². The summed E-state index contributed by atoms with van der Waals surface area (Å²) in [6.07, 6.45) is 3.84. The predicted molar refractivity (Wildman–Crippen MR) is 75.4 cm³/mol. The summed E-state index contributed by atoms with van der Waals surface area (Å²) in [6.45, 7) is 4.71. The molecule has 2 heterocycles. The minimum Gasteiger partial charge on any atom is -0.337 e. The van der Waals surface area contributed by atoms with Gasteiger partial charge in [-0.05, 0) is 24.1 Å². The first-order valence-electron chi connectivity index (χ1n) is 6.97. The molecule has 1 aliphatic heterocycles. The fourth-order valence-corrected chi connectivity index (χ4v) is 2.54. The first-order valence-corrected chi connectivity index (χ1v) is 6.97. The molecule has 1 saturated heterocycles. The fourth-order valence-electron chi connectivity index (χ4n) is 2.54. The standard InChI is InChI=1S/C15H20N4O/c1-12-8-18-10-14(12)15(20)19(7-3-5-16)11-13-4-2-6-17-9-13/h2,4,6,9,12,14,18H,3,7-8,10-11H2,1H3. The molecule has 0 saturated carbocycles. The van der Waals surface area contributed by atoms with Crippen LogP contribution >= 0.6 is 0 Å².